The first-order valence-electron chi connectivity index (χ1n) is 10.1. The van der Waals surface area contributed by atoms with Crippen LogP contribution in [0.1, 0.15) is 30.9 Å². The molecule has 2 aromatic rings. The van der Waals surface area contributed by atoms with Crippen molar-refractivity contribution in [1.82, 2.24) is 4.90 Å². The van der Waals surface area contributed by atoms with Gasteiger partial charge in [-0.3, -0.25) is 4.79 Å². The molecule has 3 rings (SSSR count). The van der Waals surface area contributed by atoms with Crippen LogP contribution in [0.4, 0.5) is 16.2 Å². The molecule has 1 atom stereocenters. The Morgan fingerprint density at radius 3 is 2.23 bits per heavy atom. The van der Waals surface area contributed by atoms with Crippen LogP contribution in [0.2, 0.25) is 0 Å². The van der Waals surface area contributed by atoms with Crippen molar-refractivity contribution in [1.29, 1.82) is 0 Å². The summed E-state index contributed by atoms with van der Waals surface area (Å²) in [7, 11) is 0. The van der Waals surface area contributed by atoms with Gasteiger partial charge in [0, 0.05) is 37.3 Å². The van der Waals surface area contributed by atoms with E-state index in [1.165, 1.54) is 0 Å². The van der Waals surface area contributed by atoms with Crippen LogP contribution >= 0.6 is 0 Å². The van der Waals surface area contributed by atoms with Gasteiger partial charge in [0.05, 0.1) is 5.71 Å². The van der Waals surface area contributed by atoms with Gasteiger partial charge in [-0.1, -0.05) is 41.6 Å². The molecule has 3 amide bonds. The van der Waals surface area contributed by atoms with E-state index >= 15 is 0 Å². The Morgan fingerprint density at radius 1 is 0.967 bits per heavy atom. The number of benzene rings is 2. The van der Waals surface area contributed by atoms with E-state index in [0.29, 0.717) is 25.9 Å². The van der Waals surface area contributed by atoms with Crippen molar-refractivity contribution in [3.05, 3.63) is 59.7 Å². The number of hydrogen-bond acceptors (Lipinski definition) is 4. The molecule has 7 heteroatoms. The van der Waals surface area contributed by atoms with Crippen molar-refractivity contribution in [3.63, 3.8) is 0 Å². The summed E-state index contributed by atoms with van der Waals surface area (Å²) < 4.78 is 0. The molecule has 0 saturated carbocycles. The van der Waals surface area contributed by atoms with Gasteiger partial charge < -0.3 is 20.4 Å². The summed E-state index contributed by atoms with van der Waals surface area (Å²) >= 11 is 0. The van der Waals surface area contributed by atoms with E-state index in [0.717, 1.165) is 28.2 Å². The minimum atomic E-state index is -0.712. The number of oxime groups is 1. The van der Waals surface area contributed by atoms with Gasteiger partial charge in [0.15, 0.2) is 0 Å². The van der Waals surface area contributed by atoms with Crippen molar-refractivity contribution in [3.8, 4) is 0 Å². The Balaban J connectivity index is 1.47. The molecule has 1 unspecified atom stereocenters. The number of nitrogens with zero attached hydrogens (tertiary/aromatic N) is 2. The zero-order valence-corrected chi connectivity index (χ0v) is 17.6. The minimum absolute atomic E-state index is 0.123. The number of carbonyl (C=O) groups excluding carboxylic acids is 2. The third-order valence-corrected chi connectivity index (χ3v) is 5.09. The highest BCUT2D eigenvalue weighted by Gasteiger charge is 2.21. The van der Waals surface area contributed by atoms with E-state index in [1.807, 2.05) is 62.4 Å². The molecule has 0 aliphatic carbocycles. The number of likely N-dealkylation sites (tertiary alicyclic amines) is 1. The lowest BCUT2D eigenvalue weighted by Crippen LogP contribution is -2.41. The molecule has 1 saturated heterocycles. The molecule has 7 nitrogen and oxygen atoms in total. The Hall–Kier alpha value is -3.35. The van der Waals surface area contributed by atoms with Crippen LogP contribution in [-0.2, 0) is 9.63 Å². The molecule has 1 heterocycles. The van der Waals surface area contributed by atoms with Crippen molar-refractivity contribution < 1.29 is 14.4 Å². The molecule has 0 aromatic heterocycles. The number of rotatable bonds is 5. The zero-order chi connectivity index (χ0) is 21.5. The fourth-order valence-electron chi connectivity index (χ4n) is 3.22. The number of para-hydroxylation sites is 2. The highest BCUT2D eigenvalue weighted by molar-refractivity contribution is 5.95. The molecule has 30 heavy (non-hydrogen) atoms. The third kappa shape index (κ3) is 5.59. The highest BCUT2D eigenvalue weighted by atomic mass is 16.6. The normalized spacial score (nSPS) is 14.6. The largest absolute Gasteiger partial charge is 0.383 e. The zero-order valence-electron chi connectivity index (χ0n) is 17.6. The summed E-state index contributed by atoms with van der Waals surface area (Å²) in [6.45, 7) is 6.70. The standard InChI is InChI=1S/C23H28N4O3/c1-16-8-7-9-17(2)21(16)25-22(28)18(3)30-26-20-12-14-27(15-13-20)23(29)24-19-10-5-4-6-11-19/h4-11,18H,12-15H2,1-3H3,(H,24,29)(H,25,28). The Kier molecular flexibility index (Phi) is 7.06. The number of anilines is 2. The highest BCUT2D eigenvalue weighted by Crippen LogP contribution is 2.20. The Morgan fingerprint density at radius 2 is 1.60 bits per heavy atom. The maximum atomic E-state index is 12.4. The van der Waals surface area contributed by atoms with E-state index in [-0.39, 0.29) is 11.9 Å². The number of nitrogens with one attached hydrogen (secondary N) is 2. The monoisotopic (exact) mass is 408 g/mol. The molecule has 2 N–H and O–H groups in total. The van der Waals surface area contributed by atoms with Crippen LogP contribution in [-0.4, -0.2) is 41.7 Å². The van der Waals surface area contributed by atoms with E-state index in [1.54, 1.807) is 11.8 Å². The van der Waals surface area contributed by atoms with Gasteiger partial charge in [0.25, 0.3) is 5.91 Å². The average molecular weight is 409 g/mol. The number of piperidine rings is 1. The first kappa shape index (κ1) is 21.4. The van der Waals surface area contributed by atoms with Gasteiger partial charge in [-0.15, -0.1) is 0 Å². The molecule has 0 bridgehead atoms. The SMILES string of the molecule is Cc1cccc(C)c1NC(=O)C(C)ON=C1CCN(C(=O)Nc2ccccc2)CC1. The maximum Gasteiger partial charge on any atom is 0.321 e. The van der Waals surface area contributed by atoms with Crippen LogP contribution in [0.5, 0.6) is 0 Å². The molecule has 0 radical (unpaired) electrons. The van der Waals surface area contributed by atoms with Gasteiger partial charge in [-0.2, -0.15) is 0 Å². The quantitative estimate of drug-likeness (QED) is 0.723. The van der Waals surface area contributed by atoms with E-state index in [2.05, 4.69) is 15.8 Å². The average Bonchev–Trinajstić information content (AvgIpc) is 2.75. The van der Waals surface area contributed by atoms with E-state index in [9.17, 15) is 9.59 Å². The van der Waals surface area contributed by atoms with Gasteiger partial charge >= 0.3 is 6.03 Å². The summed E-state index contributed by atoms with van der Waals surface area (Å²) in [6, 6.07) is 15.1. The van der Waals surface area contributed by atoms with Gasteiger partial charge in [-0.05, 0) is 44.0 Å². The number of amides is 3. The maximum absolute atomic E-state index is 12.4. The summed E-state index contributed by atoms with van der Waals surface area (Å²) in [5, 5.41) is 9.97. The molecular weight excluding hydrogens is 380 g/mol. The fraction of sp³-hybridized carbons (Fsp3) is 0.348. The molecule has 158 valence electrons. The second kappa shape index (κ2) is 9.91. The summed E-state index contributed by atoms with van der Waals surface area (Å²) in [6.07, 6.45) is 0.525. The second-order valence-electron chi connectivity index (χ2n) is 7.44. The summed E-state index contributed by atoms with van der Waals surface area (Å²) in [5.74, 6) is -0.239. The van der Waals surface area contributed by atoms with Crippen LogP contribution < -0.4 is 10.6 Å². The molecule has 1 aliphatic heterocycles. The smallest absolute Gasteiger partial charge is 0.321 e. The lowest BCUT2D eigenvalue weighted by atomic mass is 10.1. The van der Waals surface area contributed by atoms with Gasteiger partial charge in [0.1, 0.15) is 0 Å². The first-order chi connectivity index (χ1) is 14.4. The van der Waals surface area contributed by atoms with Crippen LogP contribution in [0.25, 0.3) is 0 Å². The lowest BCUT2D eigenvalue weighted by Gasteiger charge is -2.27. The summed E-state index contributed by atoms with van der Waals surface area (Å²) in [5.41, 5.74) is 4.44. The van der Waals surface area contributed by atoms with Crippen molar-refractivity contribution in [2.24, 2.45) is 5.16 Å². The first-order valence-corrected chi connectivity index (χ1v) is 10.1. The van der Waals surface area contributed by atoms with Gasteiger partial charge in [-0.25, -0.2) is 4.79 Å². The predicted molar refractivity (Wildman–Crippen MR) is 119 cm³/mol. The fourth-order valence-corrected chi connectivity index (χ4v) is 3.22. The molecule has 2 aromatic carbocycles. The Labute approximate surface area is 177 Å². The Bertz CT molecular complexity index is 897. The van der Waals surface area contributed by atoms with Gasteiger partial charge in [0.2, 0.25) is 6.10 Å². The predicted octanol–water partition coefficient (Wildman–Crippen LogP) is 4.33. The summed E-state index contributed by atoms with van der Waals surface area (Å²) in [4.78, 5) is 32.0. The molecule has 1 fully saturated rings. The molecule has 0 spiro atoms. The van der Waals surface area contributed by atoms with E-state index < -0.39 is 6.10 Å². The van der Waals surface area contributed by atoms with Crippen molar-refractivity contribution in [2.45, 2.75) is 39.7 Å². The molecule has 1 aliphatic rings. The van der Waals surface area contributed by atoms with Crippen molar-refractivity contribution >= 4 is 29.0 Å². The van der Waals surface area contributed by atoms with Crippen LogP contribution in [0.3, 0.4) is 0 Å². The number of urea groups is 1. The number of carbonyl (C=O) groups is 2. The van der Waals surface area contributed by atoms with Crippen LogP contribution in [0, 0.1) is 13.8 Å². The van der Waals surface area contributed by atoms with Crippen molar-refractivity contribution in [2.75, 3.05) is 23.7 Å². The third-order valence-electron chi connectivity index (χ3n) is 5.09. The minimum Gasteiger partial charge on any atom is -0.383 e. The van der Waals surface area contributed by atoms with Crippen LogP contribution in [0.15, 0.2) is 53.7 Å². The molecular formula is C23H28N4O3. The van der Waals surface area contributed by atoms with E-state index in [4.69, 9.17) is 4.84 Å². The number of hydrogen-bond donors (Lipinski definition) is 2. The number of aryl methyl sites for hydroxylation is 2. The lowest BCUT2D eigenvalue weighted by molar-refractivity contribution is -0.126. The topological polar surface area (TPSA) is 83.0 Å². The second-order valence-corrected chi connectivity index (χ2v) is 7.44.